The first kappa shape index (κ1) is 21.0. The van der Waals surface area contributed by atoms with Crippen molar-refractivity contribution in [2.45, 2.75) is 0 Å². The third-order valence-electron chi connectivity index (χ3n) is 3.35. The van der Waals surface area contributed by atoms with E-state index < -0.39 is 22.5 Å². The minimum atomic E-state index is -3.78. The molecule has 0 saturated heterocycles. The molecule has 1 N–H and O–H groups in total. The van der Waals surface area contributed by atoms with Crippen LogP contribution in [0.4, 0.5) is 5.69 Å². The number of amides is 1. The lowest BCUT2D eigenvalue weighted by atomic mass is 10.2. The van der Waals surface area contributed by atoms with Gasteiger partial charge in [0, 0.05) is 10.0 Å². The maximum Gasteiger partial charge on any atom is 0.260 e. The maximum atomic E-state index is 12.2. The van der Waals surface area contributed by atoms with E-state index in [9.17, 15) is 13.2 Å². The summed E-state index contributed by atoms with van der Waals surface area (Å²) < 4.78 is 30.4. The summed E-state index contributed by atoms with van der Waals surface area (Å²) in [6, 6.07) is 11.3. The Labute approximate surface area is 167 Å². The molecule has 0 radical (unpaired) electrons. The summed E-state index contributed by atoms with van der Waals surface area (Å²) in [5.74, 6) is -0.374. The van der Waals surface area contributed by atoms with Gasteiger partial charge < -0.3 is 4.74 Å². The van der Waals surface area contributed by atoms with Crippen LogP contribution in [0.5, 0.6) is 5.75 Å². The predicted octanol–water partition coefficient (Wildman–Crippen LogP) is 2.92. The van der Waals surface area contributed by atoms with Crippen molar-refractivity contribution in [2.75, 3.05) is 24.2 Å². The first-order chi connectivity index (χ1) is 12.7. The Bertz CT molecular complexity index is 964. The average Bonchev–Trinajstić information content (AvgIpc) is 2.59. The fraction of sp³-hybridized carbons (Fsp3) is 0.176. The van der Waals surface area contributed by atoms with E-state index in [1.54, 1.807) is 30.3 Å². The van der Waals surface area contributed by atoms with Crippen molar-refractivity contribution in [3.05, 3.63) is 58.1 Å². The molecule has 0 heterocycles. The van der Waals surface area contributed by atoms with Crippen LogP contribution in [0.25, 0.3) is 0 Å². The van der Waals surface area contributed by atoms with Gasteiger partial charge in [0.1, 0.15) is 12.3 Å². The molecule has 7 nitrogen and oxygen atoms in total. The van der Waals surface area contributed by atoms with Crippen molar-refractivity contribution in [3.63, 3.8) is 0 Å². The topological polar surface area (TPSA) is 88.1 Å². The van der Waals surface area contributed by atoms with E-state index in [1.165, 1.54) is 25.5 Å². The summed E-state index contributed by atoms with van der Waals surface area (Å²) in [5, 5.41) is 4.64. The summed E-state index contributed by atoms with van der Waals surface area (Å²) in [6.07, 6.45) is 2.38. The van der Waals surface area contributed by atoms with Crippen molar-refractivity contribution < 1.29 is 17.9 Å². The summed E-state index contributed by atoms with van der Waals surface area (Å²) in [7, 11) is -2.39. The number of anilines is 1. The van der Waals surface area contributed by atoms with E-state index in [-0.39, 0.29) is 11.4 Å². The normalized spacial score (nSPS) is 11.4. The Morgan fingerprint density at radius 2 is 1.93 bits per heavy atom. The lowest BCUT2D eigenvalue weighted by Crippen LogP contribution is -2.39. The van der Waals surface area contributed by atoms with Crippen LogP contribution in [0.1, 0.15) is 5.56 Å². The number of rotatable bonds is 7. The largest absolute Gasteiger partial charge is 0.495 e. The standard InChI is InChI=1S/C17H17Cl2N3O4S/c1-26-16-7-6-14(19)9-15(16)22(27(2,24)25)11-17(23)21-20-10-12-4-3-5-13(18)8-12/h3-10H,11H2,1-2H3,(H,21,23)/b20-10-. The molecule has 2 aromatic carbocycles. The van der Waals surface area contributed by atoms with E-state index in [0.717, 1.165) is 10.6 Å². The first-order valence-corrected chi connectivity index (χ1v) is 10.2. The van der Waals surface area contributed by atoms with E-state index >= 15 is 0 Å². The Hall–Kier alpha value is -2.29. The number of methoxy groups -OCH3 is 1. The summed E-state index contributed by atoms with van der Waals surface area (Å²) in [5.41, 5.74) is 3.12. The third-order valence-corrected chi connectivity index (χ3v) is 4.95. The van der Waals surface area contributed by atoms with Gasteiger partial charge in [0.05, 0.1) is 25.3 Å². The van der Waals surface area contributed by atoms with E-state index in [1.807, 2.05) is 0 Å². The van der Waals surface area contributed by atoms with Crippen LogP contribution in [-0.2, 0) is 14.8 Å². The van der Waals surface area contributed by atoms with Crippen LogP contribution in [0.15, 0.2) is 47.6 Å². The zero-order valence-electron chi connectivity index (χ0n) is 14.5. The number of sulfonamides is 1. The third kappa shape index (κ3) is 6.13. The number of hydrogen-bond donors (Lipinski definition) is 1. The molecule has 10 heteroatoms. The quantitative estimate of drug-likeness (QED) is 0.541. The number of nitrogens with one attached hydrogen (secondary N) is 1. The van der Waals surface area contributed by atoms with Crippen molar-refractivity contribution in [3.8, 4) is 5.75 Å². The fourth-order valence-electron chi connectivity index (χ4n) is 2.17. The molecule has 0 aromatic heterocycles. The second-order valence-electron chi connectivity index (χ2n) is 5.43. The van der Waals surface area contributed by atoms with Crippen LogP contribution in [0, 0.1) is 0 Å². The Morgan fingerprint density at radius 1 is 1.22 bits per heavy atom. The highest BCUT2D eigenvalue weighted by molar-refractivity contribution is 7.92. The Morgan fingerprint density at radius 3 is 2.56 bits per heavy atom. The molecule has 1 amide bonds. The maximum absolute atomic E-state index is 12.2. The minimum Gasteiger partial charge on any atom is -0.495 e. The zero-order chi connectivity index (χ0) is 20.0. The second-order valence-corrected chi connectivity index (χ2v) is 8.21. The fourth-order valence-corrected chi connectivity index (χ4v) is 3.39. The molecule has 0 saturated carbocycles. The number of benzene rings is 2. The van der Waals surface area contributed by atoms with Crippen molar-refractivity contribution >= 4 is 51.0 Å². The smallest absolute Gasteiger partial charge is 0.260 e. The highest BCUT2D eigenvalue weighted by atomic mass is 35.5. The van der Waals surface area contributed by atoms with Gasteiger partial charge in [0.25, 0.3) is 5.91 Å². The number of ether oxygens (including phenoxy) is 1. The lowest BCUT2D eigenvalue weighted by Gasteiger charge is -2.23. The van der Waals surface area contributed by atoms with Gasteiger partial charge in [0.15, 0.2) is 0 Å². The molecular formula is C17H17Cl2N3O4S. The van der Waals surface area contributed by atoms with Gasteiger partial charge in [-0.2, -0.15) is 5.10 Å². The van der Waals surface area contributed by atoms with Gasteiger partial charge in [-0.05, 0) is 35.9 Å². The molecular weight excluding hydrogens is 413 g/mol. The summed E-state index contributed by atoms with van der Waals surface area (Å²) in [4.78, 5) is 12.2. The molecule has 0 atom stereocenters. The van der Waals surface area contributed by atoms with Crippen molar-refractivity contribution in [2.24, 2.45) is 5.10 Å². The molecule has 2 rings (SSSR count). The van der Waals surface area contributed by atoms with E-state index in [2.05, 4.69) is 10.5 Å². The summed E-state index contributed by atoms with van der Waals surface area (Å²) in [6.45, 7) is -0.498. The van der Waals surface area contributed by atoms with Crippen LogP contribution in [0.3, 0.4) is 0 Å². The Balaban J connectivity index is 2.17. The number of hydrazone groups is 1. The van der Waals surface area contributed by atoms with Gasteiger partial charge in [-0.3, -0.25) is 9.10 Å². The number of hydrogen-bond acceptors (Lipinski definition) is 5. The molecule has 0 bridgehead atoms. The molecule has 144 valence electrons. The SMILES string of the molecule is COc1ccc(Cl)cc1N(CC(=O)N/N=C\c1cccc(Cl)c1)S(C)(=O)=O. The van der Waals surface area contributed by atoms with Gasteiger partial charge in [-0.1, -0.05) is 35.3 Å². The van der Waals surface area contributed by atoms with Crippen molar-refractivity contribution in [1.82, 2.24) is 5.43 Å². The van der Waals surface area contributed by atoms with Crippen molar-refractivity contribution in [1.29, 1.82) is 0 Å². The average molecular weight is 430 g/mol. The highest BCUT2D eigenvalue weighted by Crippen LogP contribution is 2.32. The zero-order valence-corrected chi connectivity index (χ0v) is 16.8. The number of carbonyl (C=O) groups excluding carboxylic acids is 1. The van der Waals surface area contributed by atoms with Gasteiger partial charge in [-0.25, -0.2) is 13.8 Å². The summed E-state index contributed by atoms with van der Waals surface area (Å²) >= 11 is 11.8. The van der Waals surface area contributed by atoms with E-state index in [0.29, 0.717) is 15.6 Å². The van der Waals surface area contributed by atoms with E-state index in [4.69, 9.17) is 27.9 Å². The molecule has 27 heavy (non-hydrogen) atoms. The lowest BCUT2D eigenvalue weighted by molar-refractivity contribution is -0.119. The number of nitrogens with zero attached hydrogens (tertiary/aromatic N) is 2. The molecule has 0 aliphatic rings. The highest BCUT2D eigenvalue weighted by Gasteiger charge is 2.24. The molecule has 0 spiro atoms. The molecule has 2 aromatic rings. The van der Waals surface area contributed by atoms with Gasteiger partial charge in [0.2, 0.25) is 10.0 Å². The molecule has 0 fully saturated rings. The number of carbonyl (C=O) groups is 1. The first-order valence-electron chi connectivity index (χ1n) is 7.59. The molecule has 0 aliphatic heterocycles. The monoisotopic (exact) mass is 429 g/mol. The second kappa shape index (κ2) is 9.07. The Kier molecular flexibility index (Phi) is 7.06. The van der Waals surface area contributed by atoms with Gasteiger partial charge >= 0.3 is 0 Å². The minimum absolute atomic E-state index is 0.154. The van der Waals surface area contributed by atoms with Crippen LogP contribution in [0.2, 0.25) is 10.0 Å². The molecule has 0 aliphatic carbocycles. The number of halogens is 2. The predicted molar refractivity (Wildman–Crippen MR) is 107 cm³/mol. The van der Waals surface area contributed by atoms with Gasteiger partial charge in [-0.15, -0.1) is 0 Å². The van der Waals surface area contributed by atoms with Crippen LogP contribution >= 0.6 is 23.2 Å². The molecule has 0 unspecified atom stereocenters. The van der Waals surface area contributed by atoms with Crippen LogP contribution < -0.4 is 14.5 Å². The van der Waals surface area contributed by atoms with Crippen LogP contribution in [-0.4, -0.2) is 40.4 Å².